The quantitative estimate of drug-likeness (QED) is 0.682. The lowest BCUT2D eigenvalue weighted by Gasteiger charge is -2.20. The van der Waals surface area contributed by atoms with Gasteiger partial charge in [-0.25, -0.2) is 0 Å². The highest BCUT2D eigenvalue weighted by Crippen LogP contribution is 2.54. The number of benzene rings is 2. The molecule has 0 nitrogen and oxygen atoms in total. The average molecular weight is 248 g/mol. The van der Waals surface area contributed by atoms with Crippen molar-refractivity contribution in [2.75, 3.05) is 0 Å². The Labute approximate surface area is 115 Å². The topological polar surface area (TPSA) is 0 Å². The van der Waals surface area contributed by atoms with E-state index in [0.29, 0.717) is 0 Å². The molecule has 1 aliphatic rings. The summed E-state index contributed by atoms with van der Waals surface area (Å²) in [6.45, 7) is 6.08. The third-order valence-corrected chi connectivity index (χ3v) is 4.22. The summed E-state index contributed by atoms with van der Waals surface area (Å²) in [5.74, 6) is 0. The number of hydrogen-bond donors (Lipinski definition) is 0. The molecule has 1 saturated carbocycles. The third-order valence-electron chi connectivity index (χ3n) is 4.22. The van der Waals surface area contributed by atoms with Crippen LogP contribution >= 0.6 is 0 Å². The lowest BCUT2D eigenvalue weighted by Crippen LogP contribution is -2.11. The minimum atomic E-state index is 0.269. The fraction of sp³-hybridized carbons (Fsp3) is 0.263. The smallest absolute Gasteiger partial charge is 0.0206 e. The van der Waals surface area contributed by atoms with Crippen LogP contribution in [-0.4, -0.2) is 0 Å². The normalized spacial score (nSPS) is 16.1. The van der Waals surface area contributed by atoms with Gasteiger partial charge in [-0.3, -0.25) is 0 Å². The van der Waals surface area contributed by atoms with Gasteiger partial charge in [0.2, 0.25) is 0 Å². The summed E-state index contributed by atoms with van der Waals surface area (Å²) in [7, 11) is 0. The zero-order valence-corrected chi connectivity index (χ0v) is 11.5. The second-order valence-corrected chi connectivity index (χ2v) is 5.60. The Bertz CT molecular complexity index is 589. The first kappa shape index (κ1) is 12.2. The van der Waals surface area contributed by atoms with Crippen LogP contribution in [0.2, 0.25) is 0 Å². The Kier molecular flexibility index (Phi) is 3.02. The van der Waals surface area contributed by atoms with E-state index in [1.165, 1.54) is 35.1 Å². The number of aryl methyl sites for hydroxylation is 1. The zero-order chi connectivity index (χ0) is 13.3. The zero-order valence-electron chi connectivity index (χ0n) is 11.5. The van der Waals surface area contributed by atoms with E-state index in [4.69, 9.17) is 0 Å². The van der Waals surface area contributed by atoms with E-state index in [9.17, 15) is 0 Å². The van der Waals surface area contributed by atoms with Gasteiger partial charge in [-0.2, -0.15) is 0 Å². The summed E-state index contributed by atoms with van der Waals surface area (Å²) in [6, 6.07) is 17.8. The molecule has 2 aromatic carbocycles. The van der Waals surface area contributed by atoms with E-state index >= 15 is 0 Å². The molecule has 0 saturated heterocycles. The van der Waals surface area contributed by atoms with Gasteiger partial charge in [-0.15, -0.1) is 6.58 Å². The van der Waals surface area contributed by atoms with Crippen molar-refractivity contribution in [2.45, 2.75) is 31.6 Å². The predicted molar refractivity (Wildman–Crippen MR) is 81.5 cm³/mol. The van der Waals surface area contributed by atoms with Crippen molar-refractivity contribution in [3.8, 4) is 0 Å². The summed E-state index contributed by atoms with van der Waals surface area (Å²) < 4.78 is 0. The summed E-state index contributed by atoms with van der Waals surface area (Å²) >= 11 is 0. The molecular formula is C19H20. The van der Waals surface area contributed by atoms with Gasteiger partial charge in [0.25, 0.3) is 0 Å². The van der Waals surface area contributed by atoms with Crippen molar-refractivity contribution < 1.29 is 0 Å². The molecule has 0 aliphatic heterocycles. The molecule has 1 aliphatic carbocycles. The summed E-state index contributed by atoms with van der Waals surface area (Å²) in [6.07, 6.45) is 5.51. The van der Waals surface area contributed by atoms with E-state index in [1.54, 1.807) is 0 Å². The molecule has 0 aromatic heterocycles. The molecule has 96 valence electrons. The van der Waals surface area contributed by atoms with E-state index in [1.807, 2.05) is 6.08 Å². The highest BCUT2D eigenvalue weighted by Gasteiger charge is 2.46. The summed E-state index contributed by atoms with van der Waals surface area (Å²) in [5, 5.41) is 0. The molecule has 0 bridgehead atoms. The van der Waals surface area contributed by atoms with Crippen LogP contribution in [0.1, 0.15) is 35.1 Å². The van der Waals surface area contributed by atoms with E-state index in [0.717, 1.165) is 6.42 Å². The van der Waals surface area contributed by atoms with E-state index < -0.39 is 0 Å². The molecule has 0 unspecified atom stereocenters. The van der Waals surface area contributed by atoms with E-state index in [2.05, 4.69) is 62.0 Å². The van der Waals surface area contributed by atoms with Gasteiger partial charge in [0.05, 0.1) is 0 Å². The standard InChI is InChI=1S/C19H20/c1-3-7-16-11-10-15(2)14-18(16)19(12-13-19)17-8-5-4-6-9-17/h3-6,8-11,14H,1,7,12-13H2,2H3. The molecule has 2 aromatic rings. The number of rotatable bonds is 4. The minimum absolute atomic E-state index is 0.269. The Balaban J connectivity index is 2.11. The Hall–Kier alpha value is -1.82. The van der Waals surface area contributed by atoms with E-state index in [-0.39, 0.29) is 5.41 Å². The molecular weight excluding hydrogens is 228 g/mol. The molecule has 1 fully saturated rings. The van der Waals surface area contributed by atoms with Crippen LogP contribution in [0.25, 0.3) is 0 Å². The molecule has 0 atom stereocenters. The van der Waals surface area contributed by atoms with Crippen LogP contribution in [0.15, 0.2) is 61.2 Å². The van der Waals surface area contributed by atoms with Gasteiger partial charge >= 0.3 is 0 Å². The van der Waals surface area contributed by atoms with Crippen LogP contribution in [0.4, 0.5) is 0 Å². The van der Waals surface area contributed by atoms with Crippen LogP contribution in [0.3, 0.4) is 0 Å². The van der Waals surface area contributed by atoms with Crippen molar-refractivity contribution in [2.24, 2.45) is 0 Å². The van der Waals surface area contributed by atoms with Crippen molar-refractivity contribution in [1.29, 1.82) is 0 Å². The third kappa shape index (κ3) is 2.12. The Morgan fingerprint density at radius 1 is 1.11 bits per heavy atom. The Morgan fingerprint density at radius 2 is 1.84 bits per heavy atom. The van der Waals surface area contributed by atoms with Gasteiger partial charge in [-0.05, 0) is 42.9 Å². The number of allylic oxidation sites excluding steroid dienone is 1. The second-order valence-electron chi connectivity index (χ2n) is 5.60. The maximum Gasteiger partial charge on any atom is 0.0206 e. The van der Waals surface area contributed by atoms with Crippen molar-refractivity contribution in [3.05, 3.63) is 83.4 Å². The van der Waals surface area contributed by atoms with Gasteiger partial charge < -0.3 is 0 Å². The molecule has 0 radical (unpaired) electrons. The van der Waals surface area contributed by atoms with Gasteiger partial charge in [-0.1, -0.05) is 60.2 Å². The SMILES string of the molecule is C=CCc1ccc(C)cc1C1(c2ccccc2)CC1. The van der Waals surface area contributed by atoms with Gasteiger partial charge in [0.1, 0.15) is 0 Å². The van der Waals surface area contributed by atoms with Crippen molar-refractivity contribution >= 4 is 0 Å². The molecule has 0 heteroatoms. The molecule has 0 amide bonds. The predicted octanol–water partition coefficient (Wildman–Crippen LogP) is 4.80. The highest BCUT2D eigenvalue weighted by molar-refractivity contribution is 5.50. The molecule has 0 spiro atoms. The van der Waals surface area contributed by atoms with Crippen LogP contribution < -0.4 is 0 Å². The molecule has 0 heterocycles. The molecule has 19 heavy (non-hydrogen) atoms. The first-order chi connectivity index (χ1) is 9.26. The first-order valence-electron chi connectivity index (χ1n) is 7.03. The largest absolute Gasteiger partial charge is 0.103 e. The van der Waals surface area contributed by atoms with Gasteiger partial charge in [0, 0.05) is 5.41 Å². The lowest BCUT2D eigenvalue weighted by atomic mass is 9.83. The Morgan fingerprint density at radius 3 is 2.47 bits per heavy atom. The second kappa shape index (κ2) is 4.70. The fourth-order valence-electron chi connectivity index (χ4n) is 3.06. The maximum absolute atomic E-state index is 3.89. The highest BCUT2D eigenvalue weighted by atomic mass is 14.5. The summed E-state index contributed by atoms with van der Waals surface area (Å²) in [5.41, 5.74) is 6.03. The van der Waals surface area contributed by atoms with Crippen LogP contribution in [0, 0.1) is 6.92 Å². The maximum atomic E-state index is 3.89. The lowest BCUT2D eigenvalue weighted by molar-refractivity contribution is 0.829. The van der Waals surface area contributed by atoms with Gasteiger partial charge in [0.15, 0.2) is 0 Å². The van der Waals surface area contributed by atoms with Crippen molar-refractivity contribution in [1.82, 2.24) is 0 Å². The fourth-order valence-corrected chi connectivity index (χ4v) is 3.06. The average Bonchev–Trinajstić information content (AvgIpc) is 3.24. The summed E-state index contributed by atoms with van der Waals surface area (Å²) in [4.78, 5) is 0. The minimum Gasteiger partial charge on any atom is -0.103 e. The monoisotopic (exact) mass is 248 g/mol. The number of hydrogen-bond acceptors (Lipinski definition) is 0. The van der Waals surface area contributed by atoms with Crippen molar-refractivity contribution in [3.63, 3.8) is 0 Å². The molecule has 3 rings (SSSR count). The van der Waals surface area contributed by atoms with Crippen LogP contribution in [-0.2, 0) is 11.8 Å². The first-order valence-corrected chi connectivity index (χ1v) is 7.03. The van der Waals surface area contributed by atoms with Crippen LogP contribution in [0.5, 0.6) is 0 Å². The molecule has 0 N–H and O–H groups in total.